The molecule has 4 N–H and O–H groups in total. The van der Waals surface area contributed by atoms with E-state index in [-0.39, 0.29) is 62.6 Å². The van der Waals surface area contributed by atoms with Crippen LogP contribution in [0.2, 0.25) is 0 Å². The second kappa shape index (κ2) is 22.0. The van der Waals surface area contributed by atoms with Crippen molar-refractivity contribution in [2.24, 2.45) is 22.6 Å². The SMILES string of the molecule is CCCCC(=O)N(Cc1ccc(-c2ccccc2/C(N)=N/N(N)C(C)OC(=O)Oc2cccc(CO[N+](=O)[O-])c2)cc1)C(C(=O)OCCCO[N+](=O)[O-])C(C)C. The van der Waals surface area contributed by atoms with Crippen LogP contribution in [0.15, 0.2) is 77.9 Å². The number of esters is 1. The van der Waals surface area contributed by atoms with E-state index in [0.717, 1.165) is 22.7 Å². The minimum absolute atomic E-state index is 0.00501. The van der Waals surface area contributed by atoms with E-state index in [1.807, 2.05) is 57.2 Å². The van der Waals surface area contributed by atoms with Gasteiger partial charge in [0.05, 0.1) is 13.2 Å². The molecular formula is C37H47N7O12. The quantitative estimate of drug-likeness (QED) is 0.0155. The average Bonchev–Trinajstić information content (AvgIpc) is 3.15. The zero-order chi connectivity index (χ0) is 41.2. The van der Waals surface area contributed by atoms with Gasteiger partial charge in [-0.1, -0.05) is 87.9 Å². The maximum Gasteiger partial charge on any atom is 0.515 e. The lowest BCUT2D eigenvalue weighted by atomic mass is 9.97. The van der Waals surface area contributed by atoms with Gasteiger partial charge in [0.2, 0.25) is 12.1 Å². The number of benzene rings is 3. The summed E-state index contributed by atoms with van der Waals surface area (Å²) >= 11 is 0. The van der Waals surface area contributed by atoms with Crippen LogP contribution in [0.4, 0.5) is 4.79 Å². The summed E-state index contributed by atoms with van der Waals surface area (Å²) in [7, 11) is 0. The van der Waals surface area contributed by atoms with E-state index in [2.05, 4.69) is 14.8 Å². The smallest absolute Gasteiger partial charge is 0.464 e. The Morgan fingerprint density at radius 2 is 1.57 bits per heavy atom. The van der Waals surface area contributed by atoms with Gasteiger partial charge >= 0.3 is 12.1 Å². The van der Waals surface area contributed by atoms with E-state index in [9.17, 15) is 34.6 Å². The number of rotatable bonds is 22. The topological polar surface area (TPSA) is 255 Å². The molecule has 2 unspecified atom stereocenters. The van der Waals surface area contributed by atoms with E-state index in [1.165, 1.54) is 30.0 Å². The number of hydrazone groups is 1. The predicted octanol–water partition coefficient (Wildman–Crippen LogP) is 5.10. The average molecular weight is 782 g/mol. The van der Waals surface area contributed by atoms with E-state index in [1.54, 1.807) is 18.2 Å². The highest BCUT2D eigenvalue weighted by molar-refractivity contribution is 6.03. The maximum absolute atomic E-state index is 13.5. The van der Waals surface area contributed by atoms with E-state index < -0.39 is 34.6 Å². The molecule has 0 aromatic heterocycles. The maximum atomic E-state index is 13.5. The second-order valence-electron chi connectivity index (χ2n) is 12.7. The first kappa shape index (κ1) is 43.9. The standard InChI is InChI=1S/C37H47N7O12/c1-5-6-15-33(45)41(34(25(2)3)36(46)52-20-10-21-53-43(48)49)23-27-16-18-29(19-17-27)31-13-7-8-14-32(31)35(38)40-42(39)26(4)55-37(47)56-30-12-9-11-28(22-30)24-54-44(50)51/h7-9,11-14,16-19,22,25-26,34H,5-6,10,15,20-21,23-24,39H2,1-4H3,(H2,38,40). The molecule has 0 bridgehead atoms. The molecule has 0 aliphatic carbocycles. The number of nitrogens with two attached hydrogens (primary N) is 2. The van der Waals surface area contributed by atoms with Crippen molar-refractivity contribution in [2.75, 3.05) is 13.2 Å². The summed E-state index contributed by atoms with van der Waals surface area (Å²) in [6.07, 6.45) is -0.455. The van der Waals surface area contributed by atoms with Crippen molar-refractivity contribution in [1.29, 1.82) is 0 Å². The molecule has 3 aromatic carbocycles. The van der Waals surface area contributed by atoms with Crippen LogP contribution in [-0.2, 0) is 41.9 Å². The summed E-state index contributed by atoms with van der Waals surface area (Å²) in [4.78, 5) is 70.2. The van der Waals surface area contributed by atoms with Gasteiger partial charge in [-0.25, -0.2) is 15.4 Å². The summed E-state index contributed by atoms with van der Waals surface area (Å²) < 4.78 is 15.8. The number of ether oxygens (including phenoxy) is 3. The van der Waals surface area contributed by atoms with Crippen LogP contribution in [0.1, 0.15) is 70.1 Å². The van der Waals surface area contributed by atoms with Crippen molar-refractivity contribution in [3.63, 3.8) is 0 Å². The molecule has 19 heteroatoms. The molecule has 1 amide bonds. The Hall–Kier alpha value is -6.50. The molecule has 2 atom stereocenters. The highest BCUT2D eigenvalue weighted by atomic mass is 17.0. The van der Waals surface area contributed by atoms with Crippen LogP contribution in [0.25, 0.3) is 11.1 Å². The zero-order valence-corrected chi connectivity index (χ0v) is 31.6. The number of carbonyl (C=O) groups is 3. The number of hydrogen-bond acceptors (Lipinski definition) is 15. The van der Waals surface area contributed by atoms with Gasteiger partial charge in [0.25, 0.3) is 10.2 Å². The number of amidine groups is 1. The first-order valence-corrected chi connectivity index (χ1v) is 17.7. The molecule has 56 heavy (non-hydrogen) atoms. The van der Waals surface area contributed by atoms with Crippen LogP contribution < -0.4 is 16.3 Å². The molecule has 3 rings (SSSR count). The van der Waals surface area contributed by atoms with E-state index in [0.29, 0.717) is 23.1 Å². The van der Waals surface area contributed by atoms with Crippen LogP contribution in [-0.4, -0.2) is 69.5 Å². The van der Waals surface area contributed by atoms with Gasteiger partial charge in [0, 0.05) is 24.9 Å². The van der Waals surface area contributed by atoms with Crippen LogP contribution in [0.5, 0.6) is 5.75 Å². The highest BCUT2D eigenvalue weighted by Gasteiger charge is 2.33. The van der Waals surface area contributed by atoms with Crippen molar-refractivity contribution in [3.8, 4) is 16.9 Å². The summed E-state index contributed by atoms with van der Waals surface area (Å²) in [5, 5.41) is 24.1. The molecule has 302 valence electrons. The normalized spacial score (nSPS) is 12.2. The Morgan fingerprint density at radius 3 is 2.23 bits per heavy atom. The van der Waals surface area contributed by atoms with Crippen LogP contribution >= 0.6 is 0 Å². The Kier molecular flexibility index (Phi) is 17.3. The first-order chi connectivity index (χ1) is 26.7. The Morgan fingerprint density at radius 1 is 0.875 bits per heavy atom. The lowest BCUT2D eigenvalue weighted by Gasteiger charge is -2.33. The lowest BCUT2D eigenvalue weighted by molar-refractivity contribution is -0.763. The molecular weight excluding hydrogens is 734 g/mol. The fourth-order valence-electron chi connectivity index (χ4n) is 5.37. The summed E-state index contributed by atoms with van der Waals surface area (Å²) in [5.74, 6) is 5.04. The van der Waals surface area contributed by atoms with Crippen LogP contribution in [0.3, 0.4) is 0 Å². The Balaban J connectivity index is 1.73. The summed E-state index contributed by atoms with van der Waals surface area (Å²) in [5.41, 5.74) is 9.49. The Bertz CT molecular complexity index is 1820. The predicted molar refractivity (Wildman–Crippen MR) is 201 cm³/mol. The fraction of sp³-hybridized carbons (Fsp3) is 0.405. The monoisotopic (exact) mass is 781 g/mol. The van der Waals surface area contributed by atoms with Crippen molar-refractivity contribution in [2.45, 2.75) is 78.8 Å². The fourth-order valence-corrected chi connectivity index (χ4v) is 5.37. The largest absolute Gasteiger partial charge is 0.515 e. The van der Waals surface area contributed by atoms with Crippen molar-refractivity contribution >= 4 is 23.9 Å². The summed E-state index contributed by atoms with van der Waals surface area (Å²) in [6.45, 7) is 6.51. The molecule has 0 saturated heterocycles. The lowest BCUT2D eigenvalue weighted by Crippen LogP contribution is -2.48. The number of unbranched alkanes of at least 4 members (excludes halogenated alkanes) is 1. The molecule has 3 aromatic rings. The van der Waals surface area contributed by atoms with Gasteiger partial charge in [0.1, 0.15) is 18.4 Å². The van der Waals surface area contributed by atoms with Gasteiger partial charge in [-0.05, 0) is 53.6 Å². The Labute approximate surface area is 323 Å². The van der Waals surface area contributed by atoms with Crippen molar-refractivity contribution < 1.29 is 48.4 Å². The van der Waals surface area contributed by atoms with Crippen LogP contribution in [0, 0.1) is 26.1 Å². The van der Waals surface area contributed by atoms with Gasteiger partial charge in [-0.2, -0.15) is 5.12 Å². The number of nitrogens with zero attached hydrogens (tertiary/aromatic N) is 5. The number of amides is 1. The second-order valence-corrected chi connectivity index (χ2v) is 12.7. The molecule has 0 saturated carbocycles. The van der Waals surface area contributed by atoms with E-state index in [4.69, 9.17) is 25.8 Å². The summed E-state index contributed by atoms with van der Waals surface area (Å²) in [6, 6.07) is 19.5. The molecule has 0 aliphatic heterocycles. The highest BCUT2D eigenvalue weighted by Crippen LogP contribution is 2.26. The van der Waals surface area contributed by atoms with Gasteiger partial charge < -0.3 is 34.5 Å². The van der Waals surface area contributed by atoms with Crippen molar-refractivity contribution in [1.82, 2.24) is 10.0 Å². The zero-order valence-electron chi connectivity index (χ0n) is 31.6. The molecule has 19 nitrogen and oxygen atoms in total. The number of hydrogen-bond donors (Lipinski definition) is 2. The van der Waals surface area contributed by atoms with Gasteiger partial charge in [0.15, 0.2) is 5.84 Å². The third-order valence-corrected chi connectivity index (χ3v) is 8.12. The first-order valence-electron chi connectivity index (χ1n) is 17.7. The number of hydrazine groups is 1. The molecule has 0 spiro atoms. The molecule has 0 radical (unpaired) electrons. The molecule has 0 heterocycles. The van der Waals surface area contributed by atoms with Gasteiger partial charge in [-0.15, -0.1) is 25.3 Å². The van der Waals surface area contributed by atoms with Crippen molar-refractivity contribution in [3.05, 3.63) is 110 Å². The minimum atomic E-state index is -1.13. The molecule has 0 fully saturated rings. The molecule has 0 aliphatic rings. The minimum Gasteiger partial charge on any atom is -0.464 e. The van der Waals surface area contributed by atoms with E-state index >= 15 is 0 Å². The number of carbonyl (C=O) groups excluding carboxylic acids is 3. The third kappa shape index (κ3) is 14.0. The van der Waals surface area contributed by atoms with Gasteiger partial charge in [-0.3, -0.25) is 4.79 Å². The third-order valence-electron chi connectivity index (χ3n) is 8.12.